The van der Waals surface area contributed by atoms with Gasteiger partial charge in [-0.2, -0.15) is 5.10 Å². The van der Waals surface area contributed by atoms with E-state index in [0.717, 1.165) is 11.5 Å². The van der Waals surface area contributed by atoms with Gasteiger partial charge in [0.2, 0.25) is 0 Å². The summed E-state index contributed by atoms with van der Waals surface area (Å²) in [6.45, 7) is 4.17. The zero-order chi connectivity index (χ0) is 13.1. The van der Waals surface area contributed by atoms with E-state index in [1.54, 1.807) is 4.68 Å². The second-order valence-corrected chi connectivity index (χ2v) is 4.66. The highest BCUT2D eigenvalue weighted by molar-refractivity contribution is 7.80. The summed E-state index contributed by atoms with van der Waals surface area (Å²) in [5, 5.41) is 10.9. The fourth-order valence-corrected chi connectivity index (χ4v) is 1.80. The lowest BCUT2D eigenvalue weighted by molar-refractivity contribution is 0.772. The van der Waals surface area contributed by atoms with Crippen molar-refractivity contribution in [3.05, 3.63) is 41.6 Å². The number of hydrogen-bond donors (Lipinski definition) is 2. The summed E-state index contributed by atoms with van der Waals surface area (Å²) in [6, 6.07) is 8.02. The quantitative estimate of drug-likeness (QED) is 0.815. The molecule has 0 saturated heterocycles. The first-order valence-corrected chi connectivity index (χ1v) is 6.10. The minimum absolute atomic E-state index is 0.539. The van der Waals surface area contributed by atoms with E-state index in [9.17, 15) is 0 Å². The molecule has 0 atom stereocenters. The highest BCUT2D eigenvalue weighted by Gasteiger charge is 2.02. The lowest BCUT2D eigenvalue weighted by Crippen LogP contribution is -2.19. The standard InChI is InChI=1S/C13H16N4S/c1-9-4-5-11(8-10(9)2)14-13(18)15-12-6-7-17(3)16-12/h4-8H,1-3H3,(H2,14,15,16,18). The molecule has 1 aromatic heterocycles. The predicted octanol–water partition coefficient (Wildman–Crippen LogP) is 2.85. The Labute approximate surface area is 112 Å². The molecule has 2 aromatic rings. The summed E-state index contributed by atoms with van der Waals surface area (Å²) in [6.07, 6.45) is 1.86. The Morgan fingerprint density at radius 3 is 2.56 bits per heavy atom. The molecule has 0 amide bonds. The minimum Gasteiger partial charge on any atom is -0.332 e. The van der Waals surface area contributed by atoms with Crippen LogP contribution in [0.25, 0.3) is 0 Å². The van der Waals surface area contributed by atoms with E-state index in [2.05, 4.69) is 41.7 Å². The molecule has 1 aromatic carbocycles. The first kappa shape index (κ1) is 12.6. The van der Waals surface area contributed by atoms with Crippen LogP contribution in [-0.2, 0) is 7.05 Å². The number of hydrogen-bond acceptors (Lipinski definition) is 2. The molecule has 5 heteroatoms. The van der Waals surface area contributed by atoms with Gasteiger partial charge in [-0.3, -0.25) is 4.68 Å². The number of nitrogens with one attached hydrogen (secondary N) is 2. The topological polar surface area (TPSA) is 41.9 Å². The third-order valence-corrected chi connectivity index (χ3v) is 2.92. The van der Waals surface area contributed by atoms with Gasteiger partial charge in [-0.25, -0.2) is 0 Å². The van der Waals surface area contributed by atoms with Gasteiger partial charge in [0, 0.05) is 25.0 Å². The van der Waals surface area contributed by atoms with Crippen LogP contribution in [0, 0.1) is 13.8 Å². The molecule has 0 unspecified atom stereocenters. The van der Waals surface area contributed by atoms with Crippen LogP contribution in [-0.4, -0.2) is 14.9 Å². The fraction of sp³-hybridized carbons (Fsp3) is 0.231. The number of thiocarbonyl (C=S) groups is 1. The molecule has 2 rings (SSSR count). The van der Waals surface area contributed by atoms with Crippen molar-refractivity contribution < 1.29 is 0 Å². The molecule has 0 bridgehead atoms. The van der Waals surface area contributed by atoms with Crippen LogP contribution in [0.3, 0.4) is 0 Å². The van der Waals surface area contributed by atoms with Gasteiger partial charge in [-0.15, -0.1) is 0 Å². The van der Waals surface area contributed by atoms with E-state index >= 15 is 0 Å². The third-order valence-electron chi connectivity index (χ3n) is 2.72. The fourth-order valence-electron chi connectivity index (χ4n) is 1.58. The summed E-state index contributed by atoms with van der Waals surface area (Å²) in [4.78, 5) is 0. The summed E-state index contributed by atoms with van der Waals surface area (Å²) >= 11 is 5.23. The number of benzene rings is 1. The van der Waals surface area contributed by atoms with E-state index < -0.39 is 0 Å². The average Bonchev–Trinajstić information content (AvgIpc) is 2.69. The number of anilines is 2. The van der Waals surface area contributed by atoms with Crippen molar-refractivity contribution in [2.45, 2.75) is 13.8 Å². The number of nitrogens with zero attached hydrogens (tertiary/aromatic N) is 2. The molecule has 1 heterocycles. The Bertz CT molecular complexity index is 574. The van der Waals surface area contributed by atoms with Crippen LogP contribution in [0.15, 0.2) is 30.5 Å². The van der Waals surface area contributed by atoms with Gasteiger partial charge < -0.3 is 10.6 Å². The van der Waals surface area contributed by atoms with Crippen molar-refractivity contribution in [1.82, 2.24) is 9.78 Å². The van der Waals surface area contributed by atoms with Crippen molar-refractivity contribution in [3.63, 3.8) is 0 Å². The zero-order valence-electron chi connectivity index (χ0n) is 10.7. The molecule has 0 fully saturated rings. The van der Waals surface area contributed by atoms with Crippen molar-refractivity contribution in [2.24, 2.45) is 7.05 Å². The Balaban J connectivity index is 2.00. The van der Waals surface area contributed by atoms with Crippen molar-refractivity contribution in [2.75, 3.05) is 10.6 Å². The smallest absolute Gasteiger partial charge is 0.176 e. The van der Waals surface area contributed by atoms with E-state index in [1.165, 1.54) is 11.1 Å². The molecule has 4 nitrogen and oxygen atoms in total. The monoisotopic (exact) mass is 260 g/mol. The second kappa shape index (κ2) is 5.18. The number of aryl methyl sites for hydroxylation is 3. The maximum absolute atomic E-state index is 5.23. The van der Waals surface area contributed by atoms with Gasteiger partial charge in [0.25, 0.3) is 0 Å². The maximum Gasteiger partial charge on any atom is 0.176 e. The third kappa shape index (κ3) is 3.07. The Morgan fingerprint density at radius 1 is 1.17 bits per heavy atom. The van der Waals surface area contributed by atoms with E-state index in [1.807, 2.05) is 25.4 Å². The van der Waals surface area contributed by atoms with Gasteiger partial charge in [0.05, 0.1) is 0 Å². The van der Waals surface area contributed by atoms with Crippen LogP contribution in [0.1, 0.15) is 11.1 Å². The van der Waals surface area contributed by atoms with Gasteiger partial charge in [-0.1, -0.05) is 6.07 Å². The molecule has 18 heavy (non-hydrogen) atoms. The number of aromatic nitrogens is 2. The van der Waals surface area contributed by atoms with E-state index in [0.29, 0.717) is 5.11 Å². The predicted molar refractivity (Wildman–Crippen MR) is 79.0 cm³/mol. The van der Waals surface area contributed by atoms with Crippen LogP contribution in [0.2, 0.25) is 0 Å². The first-order chi connectivity index (χ1) is 8.54. The molecule has 0 spiro atoms. The highest BCUT2D eigenvalue weighted by atomic mass is 32.1. The Kier molecular flexibility index (Phi) is 3.62. The minimum atomic E-state index is 0.539. The highest BCUT2D eigenvalue weighted by Crippen LogP contribution is 2.14. The normalized spacial score (nSPS) is 10.2. The van der Waals surface area contributed by atoms with Gasteiger partial charge in [-0.05, 0) is 49.3 Å². The molecule has 94 valence electrons. The van der Waals surface area contributed by atoms with E-state index in [-0.39, 0.29) is 0 Å². The van der Waals surface area contributed by atoms with Crippen LogP contribution < -0.4 is 10.6 Å². The lowest BCUT2D eigenvalue weighted by atomic mass is 10.1. The SMILES string of the molecule is Cc1ccc(NC(=S)Nc2ccn(C)n2)cc1C. The molecule has 0 aliphatic rings. The molecule has 0 aliphatic carbocycles. The maximum atomic E-state index is 5.23. The summed E-state index contributed by atoms with van der Waals surface area (Å²) in [5.74, 6) is 0.735. The first-order valence-electron chi connectivity index (χ1n) is 5.69. The van der Waals surface area contributed by atoms with Crippen molar-refractivity contribution >= 4 is 28.8 Å². The summed E-state index contributed by atoms with van der Waals surface area (Å²) in [7, 11) is 1.87. The molecular weight excluding hydrogens is 244 g/mol. The second-order valence-electron chi connectivity index (χ2n) is 4.25. The number of rotatable bonds is 2. The van der Waals surface area contributed by atoms with Crippen LogP contribution >= 0.6 is 12.2 Å². The van der Waals surface area contributed by atoms with Gasteiger partial charge in [0.15, 0.2) is 10.9 Å². The zero-order valence-corrected chi connectivity index (χ0v) is 11.5. The van der Waals surface area contributed by atoms with Gasteiger partial charge in [0.1, 0.15) is 0 Å². The average molecular weight is 260 g/mol. The molecule has 0 aliphatic heterocycles. The Morgan fingerprint density at radius 2 is 1.94 bits per heavy atom. The van der Waals surface area contributed by atoms with Crippen LogP contribution in [0.5, 0.6) is 0 Å². The molecule has 0 saturated carbocycles. The van der Waals surface area contributed by atoms with Gasteiger partial charge >= 0.3 is 0 Å². The lowest BCUT2D eigenvalue weighted by Gasteiger charge is -2.10. The van der Waals surface area contributed by atoms with Crippen molar-refractivity contribution in [3.8, 4) is 0 Å². The molecule has 2 N–H and O–H groups in total. The molecule has 0 radical (unpaired) electrons. The van der Waals surface area contributed by atoms with Crippen LogP contribution in [0.4, 0.5) is 11.5 Å². The Hall–Kier alpha value is -1.88. The summed E-state index contributed by atoms with van der Waals surface area (Å²) < 4.78 is 1.72. The van der Waals surface area contributed by atoms with Crippen molar-refractivity contribution in [1.29, 1.82) is 0 Å². The summed E-state index contributed by atoms with van der Waals surface area (Å²) in [5.41, 5.74) is 3.48. The largest absolute Gasteiger partial charge is 0.332 e. The molecular formula is C13H16N4S. The van der Waals surface area contributed by atoms with E-state index in [4.69, 9.17) is 12.2 Å².